The molecule has 0 radical (unpaired) electrons. The summed E-state index contributed by atoms with van der Waals surface area (Å²) in [6, 6.07) is -0.636. The molecule has 0 aliphatic rings. The van der Waals surface area contributed by atoms with Crippen molar-refractivity contribution in [3.8, 4) is 0 Å². The van der Waals surface area contributed by atoms with E-state index in [1.165, 1.54) is 199 Å². The third-order valence-electron chi connectivity index (χ3n) is 12.2. The van der Waals surface area contributed by atoms with Crippen LogP contribution in [-0.4, -0.2) is 47.4 Å². The van der Waals surface area contributed by atoms with Crippen LogP contribution in [0.2, 0.25) is 0 Å². The number of nitrogens with one attached hydrogen (secondary N) is 1. The van der Waals surface area contributed by atoms with E-state index in [0.29, 0.717) is 19.4 Å². The molecule has 6 heteroatoms. The number of unbranched alkanes of at least 4 members (excludes halogenated alkanes) is 36. The quantitative estimate of drug-likeness (QED) is 0.0322. The second kappa shape index (κ2) is 50.0. The van der Waals surface area contributed by atoms with Crippen molar-refractivity contribution in [3.05, 3.63) is 24.3 Å². The van der Waals surface area contributed by atoms with Crippen LogP contribution < -0.4 is 5.32 Å². The van der Waals surface area contributed by atoms with Gasteiger partial charge >= 0.3 is 5.97 Å². The average Bonchev–Trinajstić information content (AvgIpc) is 3.25. The van der Waals surface area contributed by atoms with Gasteiger partial charge in [-0.15, -0.1) is 0 Å². The first-order valence-electron chi connectivity index (χ1n) is 26.6. The van der Waals surface area contributed by atoms with Gasteiger partial charge in [0.1, 0.15) is 0 Å². The Hall–Kier alpha value is -1.66. The van der Waals surface area contributed by atoms with Gasteiger partial charge in [0.25, 0.3) is 0 Å². The monoisotopic (exact) mass is 846 g/mol. The summed E-state index contributed by atoms with van der Waals surface area (Å²) in [6.07, 6.45) is 59.0. The van der Waals surface area contributed by atoms with Crippen molar-refractivity contribution in [1.82, 2.24) is 5.32 Å². The zero-order valence-corrected chi connectivity index (χ0v) is 40.2. The zero-order chi connectivity index (χ0) is 43.7. The maximum Gasteiger partial charge on any atom is 0.305 e. The average molecular weight is 846 g/mol. The summed E-state index contributed by atoms with van der Waals surface area (Å²) in [4.78, 5) is 24.4. The first-order chi connectivity index (χ1) is 29.5. The van der Waals surface area contributed by atoms with E-state index in [9.17, 15) is 19.8 Å². The van der Waals surface area contributed by atoms with E-state index < -0.39 is 12.1 Å². The van der Waals surface area contributed by atoms with Crippen molar-refractivity contribution < 1.29 is 24.5 Å². The highest BCUT2D eigenvalue weighted by Crippen LogP contribution is 2.16. The summed E-state index contributed by atoms with van der Waals surface area (Å²) in [5.74, 6) is -0.0796. The van der Waals surface area contributed by atoms with Gasteiger partial charge in [-0.3, -0.25) is 9.59 Å². The van der Waals surface area contributed by atoms with E-state index in [1.54, 1.807) is 6.08 Å². The van der Waals surface area contributed by atoms with Crippen molar-refractivity contribution in [2.45, 2.75) is 296 Å². The minimum Gasteiger partial charge on any atom is -0.466 e. The van der Waals surface area contributed by atoms with Gasteiger partial charge in [-0.05, 0) is 57.8 Å². The number of aliphatic hydroxyl groups is 2. The highest BCUT2D eigenvalue weighted by atomic mass is 16.5. The number of esters is 1. The number of amides is 1. The number of rotatable bonds is 49. The lowest BCUT2D eigenvalue weighted by Crippen LogP contribution is -2.45. The van der Waals surface area contributed by atoms with Gasteiger partial charge < -0.3 is 20.3 Å². The molecular weight excluding hydrogens is 743 g/mol. The minimum atomic E-state index is -0.851. The number of carbonyl (C=O) groups is 2. The lowest BCUT2D eigenvalue weighted by molar-refractivity contribution is -0.143. The molecular formula is C54H103NO5. The topological polar surface area (TPSA) is 95.9 Å². The summed E-state index contributed by atoms with van der Waals surface area (Å²) < 4.78 is 5.47. The summed E-state index contributed by atoms with van der Waals surface area (Å²) in [5.41, 5.74) is 0. The van der Waals surface area contributed by atoms with Gasteiger partial charge in [-0.25, -0.2) is 0 Å². The van der Waals surface area contributed by atoms with E-state index >= 15 is 0 Å². The Morgan fingerprint density at radius 1 is 0.450 bits per heavy atom. The smallest absolute Gasteiger partial charge is 0.305 e. The Bertz CT molecular complexity index is 935. The molecule has 6 nitrogen and oxygen atoms in total. The number of allylic oxidation sites excluding steroid dienone is 3. The van der Waals surface area contributed by atoms with Crippen LogP contribution >= 0.6 is 0 Å². The second-order valence-electron chi connectivity index (χ2n) is 18.2. The lowest BCUT2D eigenvalue weighted by Gasteiger charge is -2.20. The van der Waals surface area contributed by atoms with Gasteiger partial charge in [-0.2, -0.15) is 0 Å². The summed E-state index contributed by atoms with van der Waals surface area (Å²) >= 11 is 0. The van der Waals surface area contributed by atoms with E-state index in [1.807, 2.05) is 6.08 Å². The Morgan fingerprint density at radius 3 is 1.18 bits per heavy atom. The van der Waals surface area contributed by atoms with Crippen LogP contribution in [0.5, 0.6) is 0 Å². The second-order valence-corrected chi connectivity index (χ2v) is 18.2. The van der Waals surface area contributed by atoms with Crippen molar-refractivity contribution >= 4 is 11.9 Å². The van der Waals surface area contributed by atoms with Crippen LogP contribution in [0, 0.1) is 0 Å². The molecule has 3 N–H and O–H groups in total. The molecule has 60 heavy (non-hydrogen) atoms. The van der Waals surface area contributed by atoms with E-state index in [-0.39, 0.29) is 18.5 Å². The molecule has 0 bridgehead atoms. The molecule has 0 aromatic carbocycles. The van der Waals surface area contributed by atoms with Crippen molar-refractivity contribution in [1.29, 1.82) is 0 Å². The van der Waals surface area contributed by atoms with Gasteiger partial charge in [0.05, 0.1) is 25.4 Å². The molecule has 0 saturated carbocycles. The maximum absolute atomic E-state index is 12.4. The van der Waals surface area contributed by atoms with Crippen LogP contribution in [-0.2, 0) is 14.3 Å². The fourth-order valence-electron chi connectivity index (χ4n) is 8.10. The van der Waals surface area contributed by atoms with Crippen molar-refractivity contribution in [2.75, 3.05) is 13.2 Å². The van der Waals surface area contributed by atoms with E-state index in [0.717, 1.165) is 57.8 Å². The van der Waals surface area contributed by atoms with Crippen LogP contribution in [0.4, 0.5) is 0 Å². The third-order valence-corrected chi connectivity index (χ3v) is 12.2. The van der Waals surface area contributed by atoms with Gasteiger partial charge in [0, 0.05) is 12.8 Å². The summed E-state index contributed by atoms with van der Waals surface area (Å²) in [7, 11) is 0. The number of aliphatic hydroxyl groups excluding tert-OH is 2. The zero-order valence-electron chi connectivity index (χ0n) is 40.2. The predicted molar refractivity (Wildman–Crippen MR) is 260 cm³/mol. The molecule has 0 rings (SSSR count). The predicted octanol–water partition coefficient (Wildman–Crippen LogP) is 15.9. The van der Waals surface area contributed by atoms with Crippen molar-refractivity contribution in [2.24, 2.45) is 0 Å². The minimum absolute atomic E-state index is 0.00398. The molecule has 0 spiro atoms. The molecule has 354 valence electrons. The first-order valence-corrected chi connectivity index (χ1v) is 26.6. The standard InChI is InChI=1S/C54H103NO5/c1-3-5-7-9-11-13-15-16-24-28-32-36-40-44-48-54(59)60-49-45-41-37-33-29-25-22-20-18-17-19-21-23-27-31-35-39-43-47-53(58)55-51(50-56)52(57)46-42-38-34-30-26-14-12-10-8-6-4-2/h19,21,42,46,51-52,56-57H,3-18,20,22-41,43-45,47-50H2,1-2H3,(H,55,58)/b21-19-,46-42+. The molecule has 0 aromatic heterocycles. The maximum atomic E-state index is 12.4. The highest BCUT2D eigenvalue weighted by molar-refractivity contribution is 5.76. The van der Waals surface area contributed by atoms with Crippen LogP contribution in [0.1, 0.15) is 284 Å². The van der Waals surface area contributed by atoms with Crippen LogP contribution in [0.3, 0.4) is 0 Å². The fourth-order valence-corrected chi connectivity index (χ4v) is 8.10. The molecule has 1 amide bonds. The van der Waals surface area contributed by atoms with Gasteiger partial charge in [0.15, 0.2) is 0 Å². The molecule has 2 unspecified atom stereocenters. The molecule has 0 aliphatic carbocycles. The number of ether oxygens (including phenoxy) is 1. The van der Waals surface area contributed by atoms with Crippen molar-refractivity contribution in [3.63, 3.8) is 0 Å². The summed E-state index contributed by atoms with van der Waals surface area (Å²) in [6.45, 7) is 4.88. The van der Waals surface area contributed by atoms with Gasteiger partial charge in [0.2, 0.25) is 5.91 Å². The van der Waals surface area contributed by atoms with Crippen LogP contribution in [0.25, 0.3) is 0 Å². The highest BCUT2D eigenvalue weighted by Gasteiger charge is 2.18. The Balaban J connectivity index is 3.45. The van der Waals surface area contributed by atoms with Gasteiger partial charge in [-0.1, -0.05) is 237 Å². The first kappa shape index (κ1) is 58.3. The third kappa shape index (κ3) is 45.9. The Morgan fingerprint density at radius 2 is 0.783 bits per heavy atom. The normalized spacial score (nSPS) is 12.8. The Kier molecular flexibility index (Phi) is 48.6. The number of hydrogen-bond acceptors (Lipinski definition) is 5. The van der Waals surface area contributed by atoms with E-state index in [2.05, 4.69) is 31.3 Å². The molecule has 0 aromatic rings. The SMILES string of the molecule is CCCCCCCCCCC/C=C/C(O)C(CO)NC(=O)CCCCCCC/C=C\CCCCCCCCCCCOC(=O)CCCCCCCCCCCCCCCC. The largest absolute Gasteiger partial charge is 0.466 e. The summed E-state index contributed by atoms with van der Waals surface area (Å²) in [5, 5.41) is 23.0. The molecule has 0 fully saturated rings. The number of carbonyl (C=O) groups excluding carboxylic acids is 2. The lowest BCUT2D eigenvalue weighted by atomic mass is 10.0. The molecule has 0 saturated heterocycles. The Labute approximate surface area is 373 Å². The fraction of sp³-hybridized carbons (Fsp3) is 0.889. The molecule has 0 heterocycles. The van der Waals surface area contributed by atoms with Crippen LogP contribution in [0.15, 0.2) is 24.3 Å². The van der Waals surface area contributed by atoms with E-state index in [4.69, 9.17) is 4.74 Å². The molecule has 0 aliphatic heterocycles. The molecule has 2 atom stereocenters. The number of hydrogen-bond donors (Lipinski definition) is 3.